The molecule has 1 aromatic rings. The molecule has 0 unspecified atom stereocenters. The second-order valence-corrected chi connectivity index (χ2v) is 3.50. The van der Waals surface area contributed by atoms with Gasteiger partial charge in [0.05, 0.1) is 19.3 Å². The van der Waals surface area contributed by atoms with Gasteiger partial charge in [0.1, 0.15) is 5.75 Å². The van der Waals surface area contributed by atoms with Crippen molar-refractivity contribution < 1.29 is 14.6 Å². The molecular weight excluding hydrogens is 192 g/mol. The molecule has 0 atom stereocenters. The molecule has 0 bridgehead atoms. The lowest BCUT2D eigenvalue weighted by atomic mass is 10.0. The van der Waals surface area contributed by atoms with Gasteiger partial charge in [0.15, 0.2) is 6.29 Å². The third-order valence-corrected chi connectivity index (χ3v) is 2.66. The molecule has 0 radical (unpaired) electrons. The van der Waals surface area contributed by atoms with E-state index in [1.54, 1.807) is 13.2 Å². The Morgan fingerprint density at radius 1 is 1.53 bits per heavy atom. The Morgan fingerprint density at radius 2 is 2.33 bits per heavy atom. The molecule has 0 aromatic heterocycles. The van der Waals surface area contributed by atoms with Crippen molar-refractivity contribution in [2.45, 2.75) is 6.42 Å². The van der Waals surface area contributed by atoms with Crippen molar-refractivity contribution >= 4 is 12.4 Å². The Hall–Kier alpha value is -1.61. The summed E-state index contributed by atoms with van der Waals surface area (Å²) in [6.45, 7) is 0.0370. The summed E-state index contributed by atoms with van der Waals surface area (Å²) in [5.41, 5.74) is 3.48. The number of benzene rings is 1. The van der Waals surface area contributed by atoms with E-state index in [1.165, 1.54) is 0 Å². The van der Waals surface area contributed by atoms with Gasteiger partial charge in [-0.1, -0.05) is 12.1 Å². The lowest BCUT2D eigenvalue weighted by molar-refractivity contribution is 0.112. The van der Waals surface area contributed by atoms with E-state index in [1.807, 2.05) is 12.1 Å². The molecule has 0 amide bonds. The summed E-state index contributed by atoms with van der Waals surface area (Å²) >= 11 is 0. The molecule has 15 heavy (non-hydrogen) atoms. The first kappa shape index (κ1) is 9.93. The van der Waals surface area contributed by atoms with Crippen molar-refractivity contribution in [3.63, 3.8) is 0 Å². The molecule has 0 aliphatic heterocycles. The Kier molecular flexibility index (Phi) is 2.56. The summed E-state index contributed by atoms with van der Waals surface area (Å²) in [6, 6.07) is 3.68. The smallest absolute Gasteiger partial charge is 0.154 e. The number of rotatable bonds is 3. The third-order valence-electron chi connectivity index (χ3n) is 2.66. The standard InChI is InChI=1S/C12H12O3/c1-15-12-3-2-9-4-8(6-13)5-10(9)11(12)7-14/h2-4,7,13H,5-6H2,1H3. The number of aliphatic hydroxyl groups is 1. The van der Waals surface area contributed by atoms with Gasteiger partial charge in [-0.05, 0) is 29.2 Å². The fourth-order valence-electron chi connectivity index (χ4n) is 1.90. The molecule has 1 aliphatic carbocycles. The number of carbonyl (C=O) groups is 1. The summed E-state index contributed by atoms with van der Waals surface area (Å²) in [5, 5.41) is 9.04. The van der Waals surface area contributed by atoms with Crippen molar-refractivity contribution in [1.82, 2.24) is 0 Å². The molecule has 0 spiro atoms. The fourth-order valence-corrected chi connectivity index (χ4v) is 1.90. The summed E-state index contributed by atoms with van der Waals surface area (Å²) in [4.78, 5) is 11.0. The molecule has 3 nitrogen and oxygen atoms in total. The van der Waals surface area contributed by atoms with Crippen LogP contribution in [0.25, 0.3) is 6.08 Å². The van der Waals surface area contributed by atoms with Crippen LogP contribution in [0.15, 0.2) is 17.7 Å². The van der Waals surface area contributed by atoms with Crippen molar-refractivity contribution in [2.24, 2.45) is 0 Å². The van der Waals surface area contributed by atoms with Crippen LogP contribution in [0.3, 0.4) is 0 Å². The molecule has 0 saturated heterocycles. The molecule has 0 heterocycles. The molecular formula is C12H12O3. The quantitative estimate of drug-likeness (QED) is 0.758. The van der Waals surface area contributed by atoms with E-state index in [4.69, 9.17) is 9.84 Å². The molecule has 1 aliphatic rings. The molecule has 78 valence electrons. The van der Waals surface area contributed by atoms with Gasteiger partial charge in [0, 0.05) is 0 Å². The number of methoxy groups -OCH3 is 1. The Balaban J connectivity index is 2.51. The molecule has 0 fully saturated rings. The number of fused-ring (bicyclic) bond motifs is 1. The predicted molar refractivity (Wildman–Crippen MR) is 57.1 cm³/mol. The molecule has 0 saturated carbocycles. The average molecular weight is 204 g/mol. The van der Waals surface area contributed by atoms with Crippen LogP contribution < -0.4 is 4.74 Å². The van der Waals surface area contributed by atoms with Crippen LogP contribution in [0.5, 0.6) is 5.75 Å². The van der Waals surface area contributed by atoms with Gasteiger partial charge in [0.2, 0.25) is 0 Å². The first-order valence-electron chi connectivity index (χ1n) is 4.75. The number of aldehydes is 1. The van der Waals surface area contributed by atoms with E-state index in [0.29, 0.717) is 17.7 Å². The fraction of sp³-hybridized carbons (Fsp3) is 0.250. The minimum absolute atomic E-state index is 0.0370. The van der Waals surface area contributed by atoms with Crippen LogP contribution in [0.1, 0.15) is 21.5 Å². The highest BCUT2D eigenvalue weighted by atomic mass is 16.5. The van der Waals surface area contributed by atoms with E-state index in [0.717, 1.165) is 23.0 Å². The van der Waals surface area contributed by atoms with E-state index in [9.17, 15) is 4.79 Å². The van der Waals surface area contributed by atoms with Crippen LogP contribution in [0.4, 0.5) is 0 Å². The van der Waals surface area contributed by atoms with Crippen LogP contribution in [0, 0.1) is 0 Å². The van der Waals surface area contributed by atoms with Gasteiger partial charge in [-0.3, -0.25) is 4.79 Å². The molecule has 1 N–H and O–H groups in total. The maximum Gasteiger partial charge on any atom is 0.154 e. The SMILES string of the molecule is COc1ccc2c(c1C=O)CC(CO)=C2. The van der Waals surface area contributed by atoms with Crippen LogP contribution >= 0.6 is 0 Å². The van der Waals surface area contributed by atoms with E-state index in [2.05, 4.69) is 0 Å². The number of hydrogen-bond donors (Lipinski definition) is 1. The Bertz CT molecular complexity index is 433. The zero-order valence-corrected chi connectivity index (χ0v) is 8.49. The maximum atomic E-state index is 11.0. The largest absolute Gasteiger partial charge is 0.496 e. The molecule has 2 rings (SSSR count). The highest BCUT2D eigenvalue weighted by Crippen LogP contribution is 2.32. The second-order valence-electron chi connectivity index (χ2n) is 3.50. The normalized spacial score (nSPS) is 13.3. The summed E-state index contributed by atoms with van der Waals surface area (Å²) in [6.07, 6.45) is 3.37. The number of aliphatic hydroxyl groups excluding tert-OH is 1. The monoisotopic (exact) mass is 204 g/mol. The Labute approximate surface area is 88.0 Å². The molecule has 1 aromatic carbocycles. The summed E-state index contributed by atoms with van der Waals surface area (Å²) in [7, 11) is 1.55. The van der Waals surface area contributed by atoms with Gasteiger partial charge in [-0.25, -0.2) is 0 Å². The summed E-state index contributed by atoms with van der Waals surface area (Å²) in [5.74, 6) is 0.594. The Morgan fingerprint density at radius 3 is 2.93 bits per heavy atom. The maximum absolute atomic E-state index is 11.0. The predicted octanol–water partition coefficient (Wildman–Crippen LogP) is 1.44. The van der Waals surface area contributed by atoms with Crippen molar-refractivity contribution in [1.29, 1.82) is 0 Å². The molecule has 3 heteroatoms. The van der Waals surface area contributed by atoms with Crippen molar-refractivity contribution in [3.8, 4) is 5.75 Å². The lowest BCUT2D eigenvalue weighted by Gasteiger charge is -2.08. The zero-order chi connectivity index (χ0) is 10.8. The van der Waals surface area contributed by atoms with Gasteiger partial charge < -0.3 is 9.84 Å². The van der Waals surface area contributed by atoms with Crippen molar-refractivity contribution in [3.05, 3.63) is 34.4 Å². The minimum atomic E-state index is 0.0370. The highest BCUT2D eigenvalue weighted by molar-refractivity contribution is 5.86. The number of ether oxygens (including phenoxy) is 1. The van der Waals surface area contributed by atoms with Crippen LogP contribution in [-0.4, -0.2) is 25.1 Å². The first-order chi connectivity index (χ1) is 7.30. The number of hydrogen-bond acceptors (Lipinski definition) is 3. The highest BCUT2D eigenvalue weighted by Gasteiger charge is 2.18. The lowest BCUT2D eigenvalue weighted by Crippen LogP contribution is -1.98. The third kappa shape index (κ3) is 1.55. The van der Waals surface area contributed by atoms with E-state index < -0.39 is 0 Å². The van der Waals surface area contributed by atoms with Crippen LogP contribution in [-0.2, 0) is 6.42 Å². The zero-order valence-electron chi connectivity index (χ0n) is 8.49. The van der Waals surface area contributed by atoms with Gasteiger partial charge in [-0.2, -0.15) is 0 Å². The first-order valence-corrected chi connectivity index (χ1v) is 4.75. The minimum Gasteiger partial charge on any atom is -0.496 e. The van der Waals surface area contributed by atoms with E-state index in [-0.39, 0.29) is 6.61 Å². The van der Waals surface area contributed by atoms with Gasteiger partial charge in [-0.15, -0.1) is 0 Å². The van der Waals surface area contributed by atoms with E-state index >= 15 is 0 Å². The van der Waals surface area contributed by atoms with Gasteiger partial charge in [0.25, 0.3) is 0 Å². The average Bonchev–Trinajstić information content (AvgIpc) is 2.70. The second kappa shape index (κ2) is 3.87. The topological polar surface area (TPSA) is 46.5 Å². The van der Waals surface area contributed by atoms with Gasteiger partial charge >= 0.3 is 0 Å². The van der Waals surface area contributed by atoms with Crippen LogP contribution in [0.2, 0.25) is 0 Å². The number of carbonyl (C=O) groups excluding carboxylic acids is 1. The summed E-state index contributed by atoms with van der Waals surface area (Å²) < 4.78 is 5.11. The van der Waals surface area contributed by atoms with Crippen molar-refractivity contribution in [2.75, 3.05) is 13.7 Å².